The van der Waals surface area contributed by atoms with Crippen LogP contribution in [0.3, 0.4) is 0 Å². The van der Waals surface area contributed by atoms with Gasteiger partial charge < -0.3 is 25.4 Å². The summed E-state index contributed by atoms with van der Waals surface area (Å²) in [5.41, 5.74) is 1.91. The van der Waals surface area contributed by atoms with Crippen LogP contribution in [-0.2, 0) is 4.74 Å². The Kier molecular flexibility index (Phi) is 8.00. The van der Waals surface area contributed by atoms with Crippen molar-refractivity contribution >= 4 is 34.1 Å². The van der Waals surface area contributed by atoms with E-state index in [1.807, 2.05) is 0 Å². The van der Waals surface area contributed by atoms with Gasteiger partial charge in [0.25, 0.3) is 0 Å². The van der Waals surface area contributed by atoms with Crippen LogP contribution in [-0.4, -0.2) is 42.9 Å². The largest absolute Gasteiger partial charge is 0.491 e. The highest BCUT2D eigenvalue weighted by Crippen LogP contribution is 2.29. The Morgan fingerprint density at radius 2 is 1.79 bits per heavy atom. The van der Waals surface area contributed by atoms with E-state index in [1.165, 1.54) is 12.4 Å². The van der Waals surface area contributed by atoms with Crippen molar-refractivity contribution in [3.63, 3.8) is 0 Å². The number of halogens is 1. The van der Waals surface area contributed by atoms with Gasteiger partial charge in [0.1, 0.15) is 30.3 Å². The topological polar surface area (TPSA) is 97.4 Å². The summed E-state index contributed by atoms with van der Waals surface area (Å²) in [4.78, 5) is 20.4. The lowest BCUT2D eigenvalue weighted by molar-refractivity contribution is 0.146. The number of rotatable bonds is 9. The fourth-order valence-electron chi connectivity index (χ4n) is 3.04. The Bertz CT molecular complexity index is 1080. The normalized spacial score (nSPS) is 11.3. The molecule has 3 rings (SSSR count). The first-order chi connectivity index (χ1) is 15.7. The lowest BCUT2D eigenvalue weighted by atomic mass is 9.92. The fourth-order valence-corrected chi connectivity index (χ4v) is 3.04. The maximum atomic E-state index is 14.8. The predicted octanol–water partition coefficient (Wildman–Crippen LogP) is 5.10. The third kappa shape index (κ3) is 7.28. The molecule has 176 valence electrons. The van der Waals surface area contributed by atoms with E-state index in [0.717, 1.165) is 6.42 Å². The molecule has 0 unspecified atom stereocenters. The van der Waals surface area contributed by atoms with Crippen molar-refractivity contribution in [3.8, 4) is 5.75 Å². The molecule has 0 bridgehead atoms. The molecule has 3 aromatic rings. The number of carbonyl (C=O) groups is 1. The summed E-state index contributed by atoms with van der Waals surface area (Å²) in [5.74, 6) is 0.215. The third-order valence-corrected chi connectivity index (χ3v) is 4.79. The molecule has 1 aromatic heterocycles. The number of fused-ring (bicyclic) bond motifs is 1. The van der Waals surface area contributed by atoms with Crippen LogP contribution in [0.4, 0.5) is 26.4 Å². The number of ether oxygens (including phenoxy) is 2. The minimum Gasteiger partial charge on any atom is -0.491 e. The summed E-state index contributed by atoms with van der Waals surface area (Å²) in [5, 5.41) is 9.02. The van der Waals surface area contributed by atoms with E-state index in [2.05, 4.69) is 46.7 Å². The second-order valence-electron chi connectivity index (χ2n) is 8.76. The quantitative estimate of drug-likeness (QED) is 0.389. The number of carbonyl (C=O) groups excluding carboxylic acids is 1. The molecule has 0 atom stereocenters. The van der Waals surface area contributed by atoms with Crippen LogP contribution in [0.1, 0.15) is 27.2 Å². The van der Waals surface area contributed by atoms with Crippen LogP contribution in [0.15, 0.2) is 42.7 Å². The molecule has 0 spiro atoms. The minimum atomic E-state index is -0.492. The number of amides is 2. The van der Waals surface area contributed by atoms with E-state index in [-0.39, 0.29) is 16.8 Å². The lowest BCUT2D eigenvalue weighted by Crippen LogP contribution is -2.31. The number of anilines is 3. The van der Waals surface area contributed by atoms with E-state index in [1.54, 1.807) is 37.4 Å². The molecule has 2 amide bonds. The molecular formula is C24H30FN5O3. The number of aromatic nitrogens is 2. The third-order valence-electron chi connectivity index (χ3n) is 4.79. The zero-order valence-electron chi connectivity index (χ0n) is 19.4. The molecule has 8 nitrogen and oxygen atoms in total. The van der Waals surface area contributed by atoms with Crippen molar-refractivity contribution in [2.45, 2.75) is 27.2 Å². The van der Waals surface area contributed by atoms with Gasteiger partial charge in [-0.3, -0.25) is 0 Å². The number of benzene rings is 2. The summed E-state index contributed by atoms with van der Waals surface area (Å²) < 4.78 is 25.3. The summed E-state index contributed by atoms with van der Waals surface area (Å²) >= 11 is 0. The van der Waals surface area contributed by atoms with Gasteiger partial charge in [-0.25, -0.2) is 19.2 Å². The van der Waals surface area contributed by atoms with Crippen molar-refractivity contribution in [1.29, 1.82) is 0 Å². The van der Waals surface area contributed by atoms with Crippen molar-refractivity contribution in [2.24, 2.45) is 5.41 Å². The van der Waals surface area contributed by atoms with E-state index in [9.17, 15) is 9.18 Å². The molecule has 0 aliphatic carbocycles. The summed E-state index contributed by atoms with van der Waals surface area (Å²) in [6.07, 6.45) is 2.24. The molecule has 0 saturated heterocycles. The van der Waals surface area contributed by atoms with Gasteiger partial charge in [0, 0.05) is 37.2 Å². The second-order valence-corrected chi connectivity index (χ2v) is 8.76. The first-order valence-electron chi connectivity index (χ1n) is 10.7. The van der Waals surface area contributed by atoms with Gasteiger partial charge in [-0.2, -0.15) is 0 Å². The maximum absolute atomic E-state index is 14.8. The smallest absolute Gasteiger partial charge is 0.319 e. The highest BCUT2D eigenvalue weighted by molar-refractivity contribution is 5.92. The van der Waals surface area contributed by atoms with E-state index >= 15 is 0 Å². The molecule has 0 fully saturated rings. The second kappa shape index (κ2) is 10.9. The van der Waals surface area contributed by atoms with Crippen molar-refractivity contribution in [2.75, 3.05) is 37.5 Å². The monoisotopic (exact) mass is 455 g/mol. The van der Waals surface area contributed by atoms with Gasteiger partial charge in [-0.15, -0.1) is 0 Å². The first kappa shape index (κ1) is 24.2. The number of hydrogen-bond acceptors (Lipinski definition) is 6. The van der Waals surface area contributed by atoms with Gasteiger partial charge in [0.15, 0.2) is 0 Å². The predicted molar refractivity (Wildman–Crippen MR) is 128 cm³/mol. The fraction of sp³-hybridized carbons (Fsp3) is 0.375. The van der Waals surface area contributed by atoms with Crippen molar-refractivity contribution < 1.29 is 18.7 Å². The van der Waals surface area contributed by atoms with Gasteiger partial charge >= 0.3 is 6.03 Å². The Labute approximate surface area is 192 Å². The zero-order valence-corrected chi connectivity index (χ0v) is 19.4. The van der Waals surface area contributed by atoms with Crippen LogP contribution >= 0.6 is 0 Å². The van der Waals surface area contributed by atoms with Crippen LogP contribution in [0.25, 0.3) is 10.9 Å². The van der Waals surface area contributed by atoms with E-state index in [4.69, 9.17) is 9.47 Å². The number of nitrogens with one attached hydrogen (secondary N) is 3. The number of methoxy groups -OCH3 is 1. The van der Waals surface area contributed by atoms with Crippen LogP contribution in [0.2, 0.25) is 0 Å². The molecule has 9 heteroatoms. The van der Waals surface area contributed by atoms with E-state index in [0.29, 0.717) is 48.2 Å². The zero-order chi connectivity index (χ0) is 23.8. The number of hydrogen-bond donors (Lipinski definition) is 3. The van der Waals surface area contributed by atoms with Crippen LogP contribution in [0, 0.1) is 11.2 Å². The maximum Gasteiger partial charge on any atom is 0.319 e. The van der Waals surface area contributed by atoms with Crippen molar-refractivity contribution in [1.82, 2.24) is 15.3 Å². The molecule has 0 aliphatic heterocycles. The first-order valence-corrected chi connectivity index (χ1v) is 10.7. The Balaban J connectivity index is 1.65. The molecule has 3 N–H and O–H groups in total. The number of urea groups is 1. The van der Waals surface area contributed by atoms with Gasteiger partial charge in [-0.05, 0) is 36.1 Å². The SMILES string of the molecule is COCCOc1cc(F)c2c(Nc3ccc(NC(=O)NCCC(C)(C)C)cc3)ncnc2c1. The molecule has 2 aromatic carbocycles. The molecule has 0 aliphatic rings. The van der Waals surface area contributed by atoms with E-state index < -0.39 is 5.82 Å². The average molecular weight is 456 g/mol. The van der Waals surface area contributed by atoms with Crippen molar-refractivity contribution in [3.05, 3.63) is 48.5 Å². The molecule has 0 radical (unpaired) electrons. The molecular weight excluding hydrogens is 425 g/mol. The van der Waals surface area contributed by atoms with Gasteiger partial charge in [0.2, 0.25) is 0 Å². The van der Waals surface area contributed by atoms with Crippen LogP contribution < -0.4 is 20.7 Å². The Morgan fingerprint density at radius 1 is 1.06 bits per heavy atom. The summed E-state index contributed by atoms with van der Waals surface area (Å²) in [6.45, 7) is 7.69. The lowest BCUT2D eigenvalue weighted by Gasteiger charge is -2.18. The Hall–Kier alpha value is -3.46. The highest BCUT2D eigenvalue weighted by atomic mass is 19.1. The Morgan fingerprint density at radius 3 is 2.48 bits per heavy atom. The summed E-state index contributed by atoms with van der Waals surface area (Å²) in [7, 11) is 1.57. The summed E-state index contributed by atoms with van der Waals surface area (Å²) in [6, 6.07) is 9.77. The molecule has 0 saturated carbocycles. The average Bonchev–Trinajstić information content (AvgIpc) is 2.74. The van der Waals surface area contributed by atoms with Gasteiger partial charge in [0.05, 0.1) is 17.5 Å². The minimum absolute atomic E-state index is 0.157. The van der Waals surface area contributed by atoms with Crippen LogP contribution in [0.5, 0.6) is 5.75 Å². The standard InChI is InChI=1S/C24H30FN5O3/c1-24(2,3)9-10-26-23(31)30-17-7-5-16(6-8-17)29-22-21-19(25)13-18(33-12-11-32-4)14-20(21)27-15-28-22/h5-8,13-15H,9-12H2,1-4H3,(H2,26,30,31)(H,27,28,29). The molecule has 1 heterocycles. The van der Waals surface area contributed by atoms with Gasteiger partial charge in [-0.1, -0.05) is 20.8 Å². The highest BCUT2D eigenvalue weighted by Gasteiger charge is 2.13. The molecule has 33 heavy (non-hydrogen) atoms. The number of nitrogens with zero attached hydrogens (tertiary/aromatic N) is 2.